The topological polar surface area (TPSA) is 29.2 Å². The molecule has 1 aliphatic heterocycles. The van der Waals surface area contributed by atoms with Gasteiger partial charge in [-0.25, -0.2) is 4.68 Å². The molecule has 25 heavy (non-hydrogen) atoms. The Kier molecular flexibility index (Phi) is 5.83. The van der Waals surface area contributed by atoms with Crippen molar-refractivity contribution in [3.8, 4) is 0 Å². The van der Waals surface area contributed by atoms with Crippen LogP contribution in [0, 0.1) is 18.6 Å². The molecule has 1 fully saturated rings. The molecule has 0 bridgehead atoms. The van der Waals surface area contributed by atoms with Crippen LogP contribution in [0.4, 0.5) is 0 Å². The molecule has 0 radical (unpaired) electrons. The van der Waals surface area contributed by atoms with Crippen LogP contribution in [0.15, 0.2) is 36.9 Å². The van der Waals surface area contributed by atoms with Gasteiger partial charge >= 0.3 is 0 Å². The zero-order chi connectivity index (χ0) is 17.8. The molecule has 5 nitrogen and oxygen atoms in total. The predicted octanol–water partition coefficient (Wildman–Crippen LogP) is 2.99. The third kappa shape index (κ3) is 4.26. The minimum atomic E-state index is 0.717. The van der Waals surface area contributed by atoms with Crippen LogP contribution in [0.25, 0.3) is 0 Å². The summed E-state index contributed by atoms with van der Waals surface area (Å²) in [7, 11) is 0. The van der Waals surface area contributed by atoms with Gasteiger partial charge in [-0.15, -0.1) is 6.58 Å². The zero-order valence-electron chi connectivity index (χ0n) is 15.2. The van der Waals surface area contributed by atoms with E-state index in [1.165, 1.54) is 11.1 Å². The SMILES string of the molecule is C=CCn1c(C)nn(CN2CCN(Cc3ccccc3C)CC2)c1=S. The Morgan fingerprint density at radius 3 is 2.48 bits per heavy atom. The number of benzene rings is 1. The summed E-state index contributed by atoms with van der Waals surface area (Å²) in [5, 5.41) is 4.59. The van der Waals surface area contributed by atoms with E-state index in [1.54, 1.807) is 0 Å². The number of nitrogens with zero attached hydrogens (tertiary/aromatic N) is 5. The van der Waals surface area contributed by atoms with Crippen molar-refractivity contribution in [3.63, 3.8) is 0 Å². The number of rotatable bonds is 6. The van der Waals surface area contributed by atoms with Gasteiger partial charge in [-0.1, -0.05) is 30.3 Å². The van der Waals surface area contributed by atoms with Gasteiger partial charge in [0.2, 0.25) is 0 Å². The van der Waals surface area contributed by atoms with Crippen LogP contribution in [-0.4, -0.2) is 50.3 Å². The highest BCUT2D eigenvalue weighted by molar-refractivity contribution is 7.71. The van der Waals surface area contributed by atoms with E-state index < -0.39 is 0 Å². The minimum Gasteiger partial charge on any atom is -0.300 e. The van der Waals surface area contributed by atoms with Crippen LogP contribution in [0.5, 0.6) is 0 Å². The van der Waals surface area contributed by atoms with Crippen molar-refractivity contribution in [3.05, 3.63) is 58.6 Å². The first kappa shape index (κ1) is 18.0. The van der Waals surface area contributed by atoms with Crippen LogP contribution < -0.4 is 0 Å². The second kappa shape index (κ2) is 8.08. The summed E-state index contributed by atoms with van der Waals surface area (Å²) >= 11 is 5.55. The van der Waals surface area contributed by atoms with Gasteiger partial charge in [0.05, 0.1) is 6.67 Å². The van der Waals surface area contributed by atoms with Crippen molar-refractivity contribution in [2.24, 2.45) is 0 Å². The van der Waals surface area contributed by atoms with Crippen molar-refractivity contribution in [1.29, 1.82) is 0 Å². The van der Waals surface area contributed by atoms with E-state index >= 15 is 0 Å². The standard InChI is InChI=1S/C19H27N5S/c1-4-9-23-17(3)20-24(19(23)25)15-22-12-10-21(11-13-22)14-18-8-6-5-7-16(18)2/h4-8H,1,9-15H2,2-3H3. The molecule has 1 aromatic heterocycles. The average Bonchev–Trinajstić information content (AvgIpc) is 2.86. The molecule has 0 saturated carbocycles. The summed E-state index contributed by atoms with van der Waals surface area (Å²) in [5.74, 6) is 0.947. The fourth-order valence-electron chi connectivity index (χ4n) is 3.29. The molecule has 1 aliphatic rings. The van der Waals surface area contributed by atoms with Crippen LogP contribution >= 0.6 is 12.2 Å². The predicted molar refractivity (Wildman–Crippen MR) is 104 cm³/mol. The maximum Gasteiger partial charge on any atom is 0.199 e. The van der Waals surface area contributed by atoms with E-state index in [0.29, 0.717) is 0 Å². The highest BCUT2D eigenvalue weighted by Gasteiger charge is 2.18. The fraction of sp³-hybridized carbons (Fsp3) is 0.474. The minimum absolute atomic E-state index is 0.717. The maximum absolute atomic E-state index is 5.55. The Morgan fingerprint density at radius 1 is 1.12 bits per heavy atom. The van der Waals surface area contributed by atoms with Gasteiger partial charge < -0.3 is 4.57 Å². The largest absolute Gasteiger partial charge is 0.300 e. The maximum atomic E-state index is 5.55. The van der Waals surface area contributed by atoms with Gasteiger partial charge in [0.25, 0.3) is 0 Å². The Balaban J connectivity index is 1.56. The van der Waals surface area contributed by atoms with E-state index in [2.05, 4.69) is 52.7 Å². The van der Waals surface area contributed by atoms with Crippen molar-refractivity contribution >= 4 is 12.2 Å². The fourth-order valence-corrected chi connectivity index (χ4v) is 3.59. The smallest absolute Gasteiger partial charge is 0.199 e. The molecule has 2 aromatic rings. The van der Waals surface area contributed by atoms with Crippen molar-refractivity contribution < 1.29 is 0 Å². The highest BCUT2D eigenvalue weighted by atomic mass is 32.1. The number of aryl methyl sites for hydroxylation is 2. The average molecular weight is 358 g/mol. The van der Waals surface area contributed by atoms with Crippen molar-refractivity contribution in [2.45, 2.75) is 33.6 Å². The summed E-state index contributed by atoms with van der Waals surface area (Å²) in [6.45, 7) is 14.7. The molecule has 1 saturated heterocycles. The van der Waals surface area contributed by atoms with E-state index in [1.807, 2.05) is 22.2 Å². The lowest BCUT2D eigenvalue weighted by Crippen LogP contribution is -2.46. The number of piperazine rings is 1. The number of hydrogen-bond donors (Lipinski definition) is 0. The molecule has 0 atom stereocenters. The molecule has 0 unspecified atom stereocenters. The Hall–Kier alpha value is -1.76. The molecule has 0 spiro atoms. The molecule has 134 valence electrons. The van der Waals surface area contributed by atoms with Crippen LogP contribution in [-0.2, 0) is 19.8 Å². The first-order chi connectivity index (χ1) is 12.1. The zero-order valence-corrected chi connectivity index (χ0v) is 16.0. The van der Waals surface area contributed by atoms with E-state index in [-0.39, 0.29) is 0 Å². The third-order valence-corrected chi connectivity index (χ3v) is 5.30. The lowest BCUT2D eigenvalue weighted by Gasteiger charge is -2.34. The molecule has 0 N–H and O–H groups in total. The second-order valence-electron chi connectivity index (χ2n) is 6.69. The molecule has 2 heterocycles. The molecule has 3 rings (SSSR count). The monoisotopic (exact) mass is 357 g/mol. The van der Waals surface area contributed by atoms with E-state index in [0.717, 1.165) is 56.5 Å². The molecular weight excluding hydrogens is 330 g/mol. The van der Waals surface area contributed by atoms with Gasteiger partial charge in [-0.05, 0) is 37.2 Å². The number of hydrogen-bond acceptors (Lipinski definition) is 4. The van der Waals surface area contributed by atoms with Crippen LogP contribution in [0.1, 0.15) is 17.0 Å². The van der Waals surface area contributed by atoms with Gasteiger partial charge in [0, 0.05) is 39.3 Å². The van der Waals surface area contributed by atoms with Crippen LogP contribution in [0.3, 0.4) is 0 Å². The second-order valence-corrected chi connectivity index (χ2v) is 7.06. The number of allylic oxidation sites excluding steroid dienone is 1. The van der Waals surface area contributed by atoms with Gasteiger partial charge in [0.1, 0.15) is 5.82 Å². The summed E-state index contributed by atoms with van der Waals surface area (Å²) in [6, 6.07) is 8.65. The quantitative estimate of drug-likeness (QED) is 0.587. The summed E-state index contributed by atoms with van der Waals surface area (Å²) in [5.41, 5.74) is 2.80. The Bertz CT molecular complexity index is 783. The van der Waals surface area contributed by atoms with E-state index in [4.69, 9.17) is 12.2 Å². The molecule has 0 aliphatic carbocycles. The first-order valence-corrected chi connectivity index (χ1v) is 9.23. The van der Waals surface area contributed by atoms with E-state index in [9.17, 15) is 0 Å². The first-order valence-electron chi connectivity index (χ1n) is 8.83. The molecule has 1 aromatic carbocycles. The van der Waals surface area contributed by atoms with Gasteiger partial charge in [0.15, 0.2) is 4.77 Å². The Labute approximate surface area is 155 Å². The summed E-state index contributed by atoms with van der Waals surface area (Å²) in [4.78, 5) is 4.95. The van der Waals surface area contributed by atoms with Crippen molar-refractivity contribution in [1.82, 2.24) is 24.1 Å². The van der Waals surface area contributed by atoms with Crippen molar-refractivity contribution in [2.75, 3.05) is 26.2 Å². The summed E-state index contributed by atoms with van der Waals surface area (Å²) in [6.07, 6.45) is 1.86. The highest BCUT2D eigenvalue weighted by Crippen LogP contribution is 2.13. The van der Waals surface area contributed by atoms with Crippen LogP contribution in [0.2, 0.25) is 0 Å². The summed E-state index contributed by atoms with van der Waals surface area (Å²) < 4.78 is 4.74. The lowest BCUT2D eigenvalue weighted by atomic mass is 10.1. The third-order valence-electron chi connectivity index (χ3n) is 4.87. The van der Waals surface area contributed by atoms with Gasteiger partial charge in [-0.2, -0.15) is 5.10 Å². The molecular formula is C19H27N5S. The molecule has 6 heteroatoms. The lowest BCUT2D eigenvalue weighted by molar-refractivity contribution is 0.0978. The molecule has 0 amide bonds. The number of aromatic nitrogens is 3. The Morgan fingerprint density at radius 2 is 1.80 bits per heavy atom. The normalized spacial score (nSPS) is 16.2. The van der Waals surface area contributed by atoms with Gasteiger partial charge in [-0.3, -0.25) is 9.80 Å².